The molecule has 0 bridgehead atoms. The fourth-order valence-electron chi connectivity index (χ4n) is 0.441. The van der Waals surface area contributed by atoms with E-state index in [-0.39, 0.29) is 0 Å². The second kappa shape index (κ2) is 3.28. The first kappa shape index (κ1) is 7.17. The lowest BCUT2D eigenvalue weighted by Crippen LogP contribution is -2.14. The van der Waals surface area contributed by atoms with Gasteiger partial charge in [-0.1, -0.05) is 0 Å². The third-order valence-corrected chi connectivity index (χ3v) is 1.50. The summed E-state index contributed by atoms with van der Waals surface area (Å²) in [5, 5.41) is 14.4. The molecular weight excluding hydrogens is 152 g/mol. The van der Waals surface area contributed by atoms with Gasteiger partial charge in [0.2, 0.25) is 0 Å². The summed E-state index contributed by atoms with van der Waals surface area (Å²) in [6, 6.07) is 0. The first-order chi connectivity index (χ1) is 4.83. The summed E-state index contributed by atoms with van der Waals surface area (Å²) < 4.78 is 0. The van der Waals surface area contributed by atoms with Crippen LogP contribution in [0.5, 0.6) is 0 Å². The molecule has 0 aliphatic rings. The van der Waals surface area contributed by atoms with E-state index < -0.39 is 12.5 Å². The number of aromatic nitrogens is 1. The van der Waals surface area contributed by atoms with Crippen molar-refractivity contribution in [2.45, 2.75) is 0 Å². The van der Waals surface area contributed by atoms with Gasteiger partial charge in [0.25, 0.3) is 5.91 Å². The van der Waals surface area contributed by atoms with E-state index in [9.17, 15) is 9.90 Å². The highest BCUT2D eigenvalue weighted by Crippen LogP contribution is 2.09. The third-order valence-electron chi connectivity index (χ3n) is 0.810. The molecule has 1 N–H and O–H groups in total. The van der Waals surface area contributed by atoms with Crippen molar-refractivity contribution in [1.82, 2.24) is 4.98 Å². The predicted molar refractivity (Wildman–Crippen MR) is 36.3 cm³/mol. The van der Waals surface area contributed by atoms with Crippen LogP contribution in [0, 0.1) is 0 Å². The van der Waals surface area contributed by atoms with E-state index in [0.717, 1.165) is 0 Å². The molecular formula is C5H5N2O2S. The Bertz CT molecular complexity index is 209. The van der Waals surface area contributed by atoms with Crippen LogP contribution in [-0.4, -0.2) is 17.5 Å². The standard InChI is InChI=1S/C5H5N2O2S/c8-3-4(9)7-5-6-1-2-10-5/h1-2H,3H2,(H,6,7,9). The van der Waals surface area contributed by atoms with Crippen molar-refractivity contribution in [3.8, 4) is 0 Å². The Kier molecular flexibility index (Phi) is 2.35. The molecule has 1 aromatic rings. The molecule has 10 heavy (non-hydrogen) atoms. The zero-order chi connectivity index (χ0) is 7.40. The van der Waals surface area contributed by atoms with Crippen LogP contribution in [-0.2, 0) is 9.90 Å². The lowest BCUT2D eigenvalue weighted by atomic mass is 10.7. The van der Waals surface area contributed by atoms with E-state index in [1.165, 1.54) is 11.3 Å². The number of hydrogen-bond acceptors (Lipinski definition) is 3. The minimum absolute atomic E-state index is 0.473. The molecule has 0 fully saturated rings. The van der Waals surface area contributed by atoms with Crippen molar-refractivity contribution in [3.05, 3.63) is 11.6 Å². The van der Waals surface area contributed by atoms with Gasteiger partial charge < -0.3 is 0 Å². The van der Waals surface area contributed by atoms with Crippen LogP contribution >= 0.6 is 11.3 Å². The lowest BCUT2D eigenvalue weighted by Gasteiger charge is -1.93. The number of nitrogens with zero attached hydrogens (tertiary/aromatic N) is 1. The molecule has 1 rings (SSSR count). The average molecular weight is 157 g/mol. The van der Waals surface area contributed by atoms with E-state index in [4.69, 9.17) is 0 Å². The average Bonchev–Trinajstić information content (AvgIpc) is 2.40. The van der Waals surface area contributed by atoms with Crippen LogP contribution < -0.4 is 5.32 Å². The number of nitrogens with one attached hydrogen (secondary N) is 1. The Morgan fingerprint density at radius 2 is 2.60 bits per heavy atom. The molecule has 0 saturated heterocycles. The number of thiazole rings is 1. The van der Waals surface area contributed by atoms with Crippen molar-refractivity contribution in [2.24, 2.45) is 0 Å². The number of rotatable bonds is 2. The molecule has 0 aliphatic carbocycles. The zero-order valence-electron chi connectivity index (χ0n) is 5.03. The monoisotopic (exact) mass is 157 g/mol. The fraction of sp³-hybridized carbons (Fsp3) is 0.200. The van der Waals surface area contributed by atoms with Crippen molar-refractivity contribution >= 4 is 22.4 Å². The van der Waals surface area contributed by atoms with E-state index >= 15 is 0 Å². The van der Waals surface area contributed by atoms with Gasteiger partial charge in [-0.2, -0.15) is 0 Å². The fourth-order valence-corrected chi connectivity index (χ4v) is 0.986. The smallest absolute Gasteiger partial charge is 0.255 e. The minimum atomic E-state index is -0.750. The molecule has 0 saturated carbocycles. The Labute approximate surface area is 61.5 Å². The highest BCUT2D eigenvalue weighted by molar-refractivity contribution is 7.13. The van der Waals surface area contributed by atoms with E-state index in [1.54, 1.807) is 11.6 Å². The molecule has 0 aliphatic heterocycles. The molecule has 0 spiro atoms. The van der Waals surface area contributed by atoms with Gasteiger partial charge in [-0.3, -0.25) is 10.1 Å². The number of carbonyl (C=O) groups is 1. The number of amides is 1. The van der Waals surface area contributed by atoms with Crippen molar-refractivity contribution in [1.29, 1.82) is 0 Å². The predicted octanol–water partition coefficient (Wildman–Crippen LogP) is 0.512. The van der Waals surface area contributed by atoms with Crippen LogP contribution in [0.25, 0.3) is 0 Å². The summed E-state index contributed by atoms with van der Waals surface area (Å²) in [4.78, 5) is 14.2. The Balaban J connectivity index is 2.48. The molecule has 4 nitrogen and oxygen atoms in total. The summed E-state index contributed by atoms with van der Waals surface area (Å²) >= 11 is 1.28. The minimum Gasteiger partial charge on any atom is -0.300 e. The van der Waals surface area contributed by atoms with Gasteiger partial charge in [0.1, 0.15) is 0 Å². The molecule has 1 radical (unpaired) electrons. The lowest BCUT2D eigenvalue weighted by molar-refractivity contribution is -0.120. The van der Waals surface area contributed by atoms with Crippen LogP contribution in [0.1, 0.15) is 0 Å². The number of anilines is 1. The molecule has 0 aromatic carbocycles. The quantitative estimate of drug-likeness (QED) is 0.680. The van der Waals surface area contributed by atoms with Gasteiger partial charge in [0.15, 0.2) is 11.7 Å². The maximum Gasteiger partial charge on any atom is 0.255 e. The van der Waals surface area contributed by atoms with Crippen molar-refractivity contribution in [2.75, 3.05) is 11.9 Å². The first-order valence-electron chi connectivity index (χ1n) is 2.60. The summed E-state index contributed by atoms with van der Waals surface area (Å²) in [5.41, 5.74) is 0. The Hall–Kier alpha value is -0.940. The van der Waals surface area contributed by atoms with Crippen LogP contribution in [0.3, 0.4) is 0 Å². The van der Waals surface area contributed by atoms with Crippen LogP contribution in [0.4, 0.5) is 5.13 Å². The topological polar surface area (TPSA) is 61.9 Å². The normalized spacial score (nSPS) is 9.30. The molecule has 0 unspecified atom stereocenters. The van der Waals surface area contributed by atoms with Gasteiger partial charge in [0.05, 0.1) is 0 Å². The summed E-state index contributed by atoms with van der Waals surface area (Å²) in [5.74, 6) is -0.546. The maximum absolute atomic E-state index is 10.4. The maximum atomic E-state index is 10.4. The Morgan fingerprint density at radius 3 is 3.10 bits per heavy atom. The summed E-state index contributed by atoms with van der Waals surface area (Å²) in [6.07, 6.45) is 1.56. The van der Waals surface area contributed by atoms with Gasteiger partial charge in [-0.25, -0.2) is 10.1 Å². The molecule has 1 aromatic heterocycles. The van der Waals surface area contributed by atoms with Crippen molar-refractivity contribution < 1.29 is 9.90 Å². The molecule has 1 heterocycles. The third kappa shape index (κ3) is 1.78. The Morgan fingerprint density at radius 1 is 1.80 bits per heavy atom. The second-order valence-electron chi connectivity index (χ2n) is 1.53. The SMILES string of the molecule is [O]CC(=O)Nc1nccs1. The van der Waals surface area contributed by atoms with Gasteiger partial charge in [-0.05, 0) is 0 Å². The summed E-state index contributed by atoms with van der Waals surface area (Å²) in [6.45, 7) is -0.750. The second-order valence-corrected chi connectivity index (χ2v) is 2.42. The van der Waals surface area contributed by atoms with Gasteiger partial charge in [0, 0.05) is 11.6 Å². The molecule has 0 atom stereocenters. The first-order valence-corrected chi connectivity index (χ1v) is 3.48. The van der Waals surface area contributed by atoms with E-state index in [1.807, 2.05) is 0 Å². The highest BCUT2D eigenvalue weighted by atomic mass is 32.1. The molecule has 5 heteroatoms. The molecule has 1 amide bonds. The van der Waals surface area contributed by atoms with Crippen molar-refractivity contribution in [3.63, 3.8) is 0 Å². The summed E-state index contributed by atoms with van der Waals surface area (Å²) in [7, 11) is 0. The largest absolute Gasteiger partial charge is 0.300 e. The van der Waals surface area contributed by atoms with Gasteiger partial charge in [-0.15, -0.1) is 11.3 Å². The van der Waals surface area contributed by atoms with Crippen LogP contribution in [0.15, 0.2) is 11.6 Å². The van der Waals surface area contributed by atoms with E-state index in [2.05, 4.69) is 10.3 Å². The van der Waals surface area contributed by atoms with Crippen LogP contribution in [0.2, 0.25) is 0 Å². The number of hydrogen-bond donors (Lipinski definition) is 1. The van der Waals surface area contributed by atoms with E-state index in [0.29, 0.717) is 5.13 Å². The van der Waals surface area contributed by atoms with Gasteiger partial charge >= 0.3 is 0 Å². The number of carbonyl (C=O) groups excluding carboxylic acids is 1. The highest BCUT2D eigenvalue weighted by Gasteiger charge is 2.00. The molecule has 53 valence electrons. The zero-order valence-corrected chi connectivity index (χ0v) is 5.85.